The molecule has 0 bridgehead atoms. The topological polar surface area (TPSA) is 110 Å². The van der Waals surface area contributed by atoms with Crippen molar-refractivity contribution in [3.05, 3.63) is 38.9 Å². The van der Waals surface area contributed by atoms with Crippen LogP contribution in [0.5, 0.6) is 0 Å². The third kappa shape index (κ3) is 2.88. The molecule has 104 valence electrons. The number of carbonyl (C=O) groups is 1. The van der Waals surface area contributed by atoms with Crippen molar-refractivity contribution in [1.82, 2.24) is 10.2 Å². The van der Waals surface area contributed by atoms with E-state index in [9.17, 15) is 14.9 Å². The van der Waals surface area contributed by atoms with Gasteiger partial charge in [0.05, 0.1) is 4.92 Å². The van der Waals surface area contributed by atoms with Crippen molar-refractivity contribution in [3.8, 4) is 0 Å². The molecule has 20 heavy (non-hydrogen) atoms. The molecule has 0 spiro atoms. The molecule has 0 unspecified atom stereocenters. The van der Waals surface area contributed by atoms with Crippen LogP contribution in [0.25, 0.3) is 0 Å². The number of hydrogen-bond acceptors (Lipinski definition) is 7. The van der Waals surface area contributed by atoms with Crippen LogP contribution in [0.4, 0.5) is 16.5 Å². The van der Waals surface area contributed by atoms with Crippen molar-refractivity contribution in [2.45, 2.75) is 6.92 Å². The number of nitro groups is 1. The molecule has 0 saturated heterocycles. The standard InChI is InChI=1S/C11H11N5O3S/c1-6-3-4-7(5-8(6)16(18)19)13-9(17)10-14-15-11(12-2)20-10/h3-5H,1-2H3,(H,12,15)(H,13,17). The third-order valence-electron chi connectivity index (χ3n) is 2.50. The molecule has 1 aromatic carbocycles. The second kappa shape index (κ2) is 5.61. The number of aryl methyl sites for hydroxylation is 1. The first-order valence-electron chi connectivity index (χ1n) is 5.59. The van der Waals surface area contributed by atoms with Gasteiger partial charge in [0.2, 0.25) is 10.1 Å². The number of nitrogens with zero attached hydrogens (tertiary/aromatic N) is 3. The quantitative estimate of drug-likeness (QED) is 0.659. The molecule has 0 aliphatic heterocycles. The van der Waals surface area contributed by atoms with Gasteiger partial charge in [0.1, 0.15) is 0 Å². The summed E-state index contributed by atoms with van der Waals surface area (Å²) in [7, 11) is 1.67. The van der Waals surface area contributed by atoms with Gasteiger partial charge in [-0.1, -0.05) is 17.4 Å². The molecule has 1 amide bonds. The van der Waals surface area contributed by atoms with Crippen LogP contribution in [-0.2, 0) is 0 Å². The Kier molecular flexibility index (Phi) is 3.89. The van der Waals surface area contributed by atoms with Crippen LogP contribution in [0.15, 0.2) is 18.2 Å². The number of hydrogen-bond donors (Lipinski definition) is 2. The van der Waals surface area contributed by atoms with Crippen LogP contribution >= 0.6 is 11.3 Å². The summed E-state index contributed by atoms with van der Waals surface area (Å²) in [5.74, 6) is -0.456. The fraction of sp³-hybridized carbons (Fsp3) is 0.182. The van der Waals surface area contributed by atoms with E-state index in [4.69, 9.17) is 0 Å². The molecular weight excluding hydrogens is 282 g/mol. The lowest BCUT2D eigenvalue weighted by Crippen LogP contribution is -2.11. The zero-order chi connectivity index (χ0) is 14.7. The lowest BCUT2D eigenvalue weighted by molar-refractivity contribution is -0.385. The van der Waals surface area contributed by atoms with E-state index in [1.165, 1.54) is 6.07 Å². The van der Waals surface area contributed by atoms with E-state index in [1.54, 1.807) is 26.1 Å². The maximum atomic E-state index is 11.9. The molecule has 0 fully saturated rings. The van der Waals surface area contributed by atoms with Crippen LogP contribution in [0.1, 0.15) is 15.4 Å². The Labute approximate surface area is 118 Å². The van der Waals surface area contributed by atoms with Gasteiger partial charge in [0.25, 0.3) is 11.6 Å². The minimum Gasteiger partial charge on any atom is -0.363 e. The maximum absolute atomic E-state index is 11.9. The largest absolute Gasteiger partial charge is 0.363 e. The number of benzene rings is 1. The van der Waals surface area contributed by atoms with Gasteiger partial charge in [-0.3, -0.25) is 14.9 Å². The number of aromatic nitrogens is 2. The highest BCUT2D eigenvalue weighted by Gasteiger charge is 2.15. The summed E-state index contributed by atoms with van der Waals surface area (Å²) in [5, 5.41) is 24.3. The van der Waals surface area contributed by atoms with Crippen molar-refractivity contribution in [1.29, 1.82) is 0 Å². The van der Waals surface area contributed by atoms with E-state index in [1.807, 2.05) is 0 Å². The molecule has 0 radical (unpaired) electrons. The Morgan fingerprint density at radius 2 is 2.15 bits per heavy atom. The first-order valence-corrected chi connectivity index (χ1v) is 6.40. The summed E-state index contributed by atoms with van der Waals surface area (Å²) < 4.78 is 0. The molecule has 0 atom stereocenters. The predicted molar refractivity (Wildman–Crippen MR) is 75.2 cm³/mol. The lowest BCUT2D eigenvalue weighted by atomic mass is 10.2. The first-order chi connectivity index (χ1) is 9.51. The summed E-state index contributed by atoms with van der Waals surface area (Å²) in [6.07, 6.45) is 0. The SMILES string of the molecule is CNc1nnc(C(=O)Nc2ccc(C)c([N+](=O)[O-])c2)s1. The maximum Gasteiger partial charge on any atom is 0.286 e. The van der Waals surface area contributed by atoms with Gasteiger partial charge in [-0.05, 0) is 13.0 Å². The van der Waals surface area contributed by atoms with Gasteiger partial charge in [-0.25, -0.2) is 0 Å². The highest BCUT2D eigenvalue weighted by atomic mass is 32.1. The minimum atomic E-state index is -0.491. The molecular formula is C11H11N5O3S. The first kappa shape index (κ1) is 13.9. The van der Waals surface area contributed by atoms with Crippen LogP contribution < -0.4 is 10.6 Å². The molecule has 0 aliphatic rings. The van der Waals surface area contributed by atoms with E-state index < -0.39 is 10.8 Å². The summed E-state index contributed by atoms with van der Waals surface area (Å²) in [6, 6.07) is 4.49. The summed E-state index contributed by atoms with van der Waals surface area (Å²) in [6.45, 7) is 1.63. The monoisotopic (exact) mass is 293 g/mol. The Bertz CT molecular complexity index is 670. The average molecular weight is 293 g/mol. The van der Waals surface area contributed by atoms with E-state index >= 15 is 0 Å². The fourth-order valence-electron chi connectivity index (χ4n) is 1.48. The van der Waals surface area contributed by atoms with Crippen LogP contribution in [0.3, 0.4) is 0 Å². The lowest BCUT2D eigenvalue weighted by Gasteiger charge is -2.03. The van der Waals surface area contributed by atoms with E-state index in [0.717, 1.165) is 11.3 Å². The summed E-state index contributed by atoms with van der Waals surface area (Å²) >= 11 is 1.09. The van der Waals surface area contributed by atoms with E-state index in [0.29, 0.717) is 16.4 Å². The normalized spacial score (nSPS) is 10.1. The van der Waals surface area contributed by atoms with Gasteiger partial charge in [-0.2, -0.15) is 0 Å². The second-order valence-corrected chi connectivity index (χ2v) is 4.85. The van der Waals surface area contributed by atoms with Gasteiger partial charge < -0.3 is 10.6 Å². The highest BCUT2D eigenvalue weighted by molar-refractivity contribution is 7.17. The predicted octanol–water partition coefficient (Wildman–Crippen LogP) is 2.05. The van der Waals surface area contributed by atoms with Gasteiger partial charge in [-0.15, -0.1) is 10.2 Å². The number of carbonyl (C=O) groups excluding carboxylic acids is 1. The smallest absolute Gasteiger partial charge is 0.286 e. The Hall–Kier alpha value is -2.55. The van der Waals surface area contributed by atoms with Crippen molar-refractivity contribution < 1.29 is 9.72 Å². The van der Waals surface area contributed by atoms with Gasteiger partial charge in [0.15, 0.2) is 0 Å². The minimum absolute atomic E-state index is 0.0454. The average Bonchev–Trinajstić information content (AvgIpc) is 2.89. The highest BCUT2D eigenvalue weighted by Crippen LogP contribution is 2.23. The van der Waals surface area contributed by atoms with Gasteiger partial charge in [0, 0.05) is 24.4 Å². The van der Waals surface area contributed by atoms with Crippen molar-refractivity contribution in [2.75, 3.05) is 17.7 Å². The number of nitrogens with one attached hydrogen (secondary N) is 2. The molecule has 2 rings (SSSR count). The van der Waals surface area contributed by atoms with E-state index in [2.05, 4.69) is 20.8 Å². The molecule has 2 N–H and O–H groups in total. The van der Waals surface area contributed by atoms with Crippen LogP contribution in [0.2, 0.25) is 0 Å². The molecule has 0 aliphatic carbocycles. The van der Waals surface area contributed by atoms with Crippen molar-refractivity contribution in [3.63, 3.8) is 0 Å². The van der Waals surface area contributed by atoms with Crippen LogP contribution in [-0.4, -0.2) is 28.1 Å². The second-order valence-electron chi connectivity index (χ2n) is 3.87. The van der Waals surface area contributed by atoms with Gasteiger partial charge >= 0.3 is 0 Å². The zero-order valence-corrected chi connectivity index (χ0v) is 11.5. The Morgan fingerprint density at radius 1 is 1.40 bits per heavy atom. The number of rotatable bonds is 4. The molecule has 1 heterocycles. The van der Waals surface area contributed by atoms with E-state index in [-0.39, 0.29) is 10.7 Å². The molecule has 8 nitrogen and oxygen atoms in total. The zero-order valence-electron chi connectivity index (χ0n) is 10.7. The van der Waals surface area contributed by atoms with Crippen molar-refractivity contribution in [2.24, 2.45) is 0 Å². The Balaban J connectivity index is 2.19. The number of amides is 1. The third-order valence-corrected chi connectivity index (χ3v) is 3.44. The number of nitro benzene ring substituents is 1. The van der Waals surface area contributed by atoms with Crippen molar-refractivity contribution >= 4 is 33.8 Å². The Morgan fingerprint density at radius 3 is 2.75 bits per heavy atom. The molecule has 1 aromatic heterocycles. The molecule has 2 aromatic rings. The molecule has 0 saturated carbocycles. The van der Waals surface area contributed by atoms with Crippen LogP contribution in [0, 0.1) is 17.0 Å². The number of anilines is 2. The fourth-order valence-corrected chi connectivity index (χ4v) is 2.08. The molecule has 9 heteroatoms. The summed E-state index contributed by atoms with van der Waals surface area (Å²) in [5.41, 5.74) is 0.825. The summed E-state index contributed by atoms with van der Waals surface area (Å²) in [4.78, 5) is 22.3.